The van der Waals surface area contributed by atoms with Crippen molar-refractivity contribution < 1.29 is 4.74 Å². The molecule has 4 nitrogen and oxygen atoms in total. The van der Waals surface area contributed by atoms with E-state index < -0.39 is 0 Å². The first-order valence-corrected chi connectivity index (χ1v) is 9.43. The van der Waals surface area contributed by atoms with E-state index in [1.54, 1.807) is 0 Å². The summed E-state index contributed by atoms with van der Waals surface area (Å²) in [6.45, 7) is 7.74. The van der Waals surface area contributed by atoms with E-state index in [0.29, 0.717) is 12.1 Å². The molecule has 0 radical (unpaired) electrons. The molecule has 1 aliphatic carbocycles. The van der Waals surface area contributed by atoms with Gasteiger partial charge in [-0.15, -0.1) is 0 Å². The lowest BCUT2D eigenvalue weighted by Crippen LogP contribution is -2.51. The van der Waals surface area contributed by atoms with Crippen molar-refractivity contribution in [1.82, 2.24) is 15.5 Å². The zero-order valence-electron chi connectivity index (χ0n) is 12.5. The fraction of sp³-hybridized carbons (Fsp3) is 1.00. The minimum absolute atomic E-state index is 0.579. The van der Waals surface area contributed by atoms with Crippen LogP contribution in [0, 0.1) is 5.92 Å². The normalized spacial score (nSPS) is 36.3. The number of rotatable bonds is 5. The van der Waals surface area contributed by atoms with Gasteiger partial charge in [-0.3, -0.25) is 0 Å². The highest BCUT2D eigenvalue weighted by Crippen LogP contribution is 2.29. The Morgan fingerprint density at radius 1 is 1.25 bits per heavy atom. The van der Waals surface area contributed by atoms with E-state index in [1.807, 2.05) is 0 Å². The molecule has 0 aromatic heterocycles. The highest BCUT2D eigenvalue weighted by atomic mass is 32.2. The van der Waals surface area contributed by atoms with Gasteiger partial charge in [0.25, 0.3) is 0 Å². The molecule has 20 heavy (non-hydrogen) atoms. The number of nitrogens with one attached hydrogen (secondary N) is 2. The summed E-state index contributed by atoms with van der Waals surface area (Å²) in [6.07, 6.45) is 4.08. The predicted molar refractivity (Wildman–Crippen MR) is 85.5 cm³/mol. The fourth-order valence-electron chi connectivity index (χ4n) is 3.82. The Morgan fingerprint density at radius 2 is 2.15 bits per heavy atom. The van der Waals surface area contributed by atoms with Crippen molar-refractivity contribution in [3.63, 3.8) is 0 Å². The molecule has 2 saturated heterocycles. The highest BCUT2D eigenvalue weighted by Gasteiger charge is 2.34. The molecule has 5 heteroatoms. The Labute approximate surface area is 127 Å². The molecule has 0 bridgehead atoms. The van der Waals surface area contributed by atoms with Crippen LogP contribution in [0.15, 0.2) is 0 Å². The summed E-state index contributed by atoms with van der Waals surface area (Å²) >= 11 is 2.09. The summed E-state index contributed by atoms with van der Waals surface area (Å²) in [5, 5.41) is 7.48. The SMILES string of the molecule is C1CC(NCCN2CCSCC2)C(C2COCCN2)C1. The Hall–Kier alpha value is 0.190. The first-order chi connectivity index (χ1) is 9.93. The van der Waals surface area contributed by atoms with Crippen molar-refractivity contribution in [3.8, 4) is 0 Å². The average Bonchev–Trinajstić information content (AvgIpc) is 2.98. The van der Waals surface area contributed by atoms with Crippen molar-refractivity contribution in [1.29, 1.82) is 0 Å². The maximum absolute atomic E-state index is 5.64. The third-order valence-electron chi connectivity index (χ3n) is 4.97. The van der Waals surface area contributed by atoms with Crippen LogP contribution in [0.2, 0.25) is 0 Å². The summed E-state index contributed by atoms with van der Waals surface area (Å²) in [6, 6.07) is 1.28. The topological polar surface area (TPSA) is 36.5 Å². The van der Waals surface area contributed by atoms with Crippen LogP contribution >= 0.6 is 11.8 Å². The Morgan fingerprint density at radius 3 is 2.95 bits per heavy atom. The molecule has 3 atom stereocenters. The molecular weight excluding hydrogens is 270 g/mol. The second-order valence-corrected chi connectivity index (χ2v) is 7.47. The maximum atomic E-state index is 5.64. The van der Waals surface area contributed by atoms with Crippen LogP contribution in [0.3, 0.4) is 0 Å². The van der Waals surface area contributed by atoms with Gasteiger partial charge in [-0.1, -0.05) is 6.42 Å². The first-order valence-electron chi connectivity index (χ1n) is 8.28. The van der Waals surface area contributed by atoms with Gasteiger partial charge in [-0.05, 0) is 18.8 Å². The zero-order valence-corrected chi connectivity index (χ0v) is 13.3. The van der Waals surface area contributed by atoms with Crippen LogP contribution in [0.25, 0.3) is 0 Å². The summed E-state index contributed by atoms with van der Waals surface area (Å²) in [4.78, 5) is 2.61. The molecule has 3 aliphatic rings. The van der Waals surface area contributed by atoms with Gasteiger partial charge >= 0.3 is 0 Å². The Kier molecular flexibility index (Phi) is 6.03. The Balaban J connectivity index is 1.39. The van der Waals surface area contributed by atoms with Gasteiger partial charge in [-0.25, -0.2) is 0 Å². The fourth-order valence-corrected chi connectivity index (χ4v) is 4.80. The lowest BCUT2D eigenvalue weighted by molar-refractivity contribution is 0.0524. The van der Waals surface area contributed by atoms with Crippen LogP contribution in [0.5, 0.6) is 0 Å². The van der Waals surface area contributed by atoms with Crippen LogP contribution in [0.4, 0.5) is 0 Å². The van der Waals surface area contributed by atoms with E-state index in [9.17, 15) is 0 Å². The van der Waals surface area contributed by atoms with Gasteiger partial charge in [0, 0.05) is 56.3 Å². The number of hydrogen-bond acceptors (Lipinski definition) is 5. The van der Waals surface area contributed by atoms with Crippen molar-refractivity contribution in [3.05, 3.63) is 0 Å². The smallest absolute Gasteiger partial charge is 0.0623 e. The van der Waals surface area contributed by atoms with Crippen LogP contribution in [0.1, 0.15) is 19.3 Å². The third-order valence-corrected chi connectivity index (χ3v) is 5.92. The molecule has 3 unspecified atom stereocenters. The molecule has 2 N–H and O–H groups in total. The van der Waals surface area contributed by atoms with E-state index in [0.717, 1.165) is 32.2 Å². The van der Waals surface area contributed by atoms with Crippen LogP contribution < -0.4 is 10.6 Å². The second-order valence-electron chi connectivity index (χ2n) is 6.24. The first kappa shape index (κ1) is 15.1. The minimum atomic E-state index is 0.579. The zero-order chi connectivity index (χ0) is 13.6. The summed E-state index contributed by atoms with van der Waals surface area (Å²) < 4.78 is 5.64. The molecule has 3 rings (SSSR count). The van der Waals surface area contributed by atoms with Gasteiger partial charge in [0.1, 0.15) is 0 Å². The molecule has 116 valence electrons. The quantitative estimate of drug-likeness (QED) is 0.785. The van der Waals surface area contributed by atoms with E-state index in [4.69, 9.17) is 4.74 Å². The number of hydrogen-bond donors (Lipinski definition) is 2. The number of thioether (sulfide) groups is 1. The summed E-state index contributed by atoms with van der Waals surface area (Å²) in [7, 11) is 0. The molecule has 0 amide bonds. The van der Waals surface area contributed by atoms with E-state index in [-0.39, 0.29) is 0 Å². The number of ether oxygens (including phenoxy) is 1. The molecule has 0 spiro atoms. The van der Waals surface area contributed by atoms with Crippen LogP contribution in [-0.2, 0) is 4.74 Å². The lowest BCUT2D eigenvalue weighted by atomic mass is 9.94. The standard InChI is InChI=1S/C15H29N3OS/c1-2-13(15-12-19-9-5-17-15)14(3-1)16-4-6-18-7-10-20-11-8-18/h13-17H,1-12H2. The maximum Gasteiger partial charge on any atom is 0.0623 e. The van der Waals surface area contributed by atoms with Crippen molar-refractivity contribution in [2.24, 2.45) is 5.92 Å². The summed E-state index contributed by atoms with van der Waals surface area (Å²) in [5.41, 5.74) is 0. The Bertz CT molecular complexity index is 280. The minimum Gasteiger partial charge on any atom is -0.379 e. The molecule has 3 fully saturated rings. The van der Waals surface area contributed by atoms with E-state index in [1.165, 1.54) is 50.4 Å². The van der Waals surface area contributed by atoms with Gasteiger partial charge in [0.05, 0.1) is 13.2 Å². The molecule has 0 aromatic rings. The highest BCUT2D eigenvalue weighted by molar-refractivity contribution is 7.99. The predicted octanol–water partition coefficient (Wildman–Crippen LogP) is 0.782. The van der Waals surface area contributed by atoms with Gasteiger partial charge in [0.15, 0.2) is 0 Å². The number of nitrogens with zero attached hydrogens (tertiary/aromatic N) is 1. The van der Waals surface area contributed by atoms with Crippen LogP contribution in [-0.4, -0.2) is 74.4 Å². The van der Waals surface area contributed by atoms with E-state index >= 15 is 0 Å². The number of morpholine rings is 1. The molecular formula is C15H29N3OS. The van der Waals surface area contributed by atoms with Gasteiger partial charge in [0.2, 0.25) is 0 Å². The van der Waals surface area contributed by atoms with Crippen molar-refractivity contribution in [2.45, 2.75) is 31.3 Å². The average molecular weight is 299 g/mol. The third kappa shape index (κ3) is 4.10. The lowest BCUT2D eigenvalue weighted by Gasteiger charge is -2.33. The van der Waals surface area contributed by atoms with Crippen molar-refractivity contribution in [2.75, 3.05) is 57.4 Å². The second kappa shape index (κ2) is 7.99. The largest absolute Gasteiger partial charge is 0.379 e. The molecule has 0 aromatic carbocycles. The van der Waals surface area contributed by atoms with Crippen molar-refractivity contribution >= 4 is 11.8 Å². The monoisotopic (exact) mass is 299 g/mol. The molecule has 2 heterocycles. The summed E-state index contributed by atoms with van der Waals surface area (Å²) in [5.74, 6) is 3.40. The molecule has 1 saturated carbocycles. The van der Waals surface area contributed by atoms with Gasteiger partial charge in [-0.2, -0.15) is 11.8 Å². The van der Waals surface area contributed by atoms with Gasteiger partial charge < -0.3 is 20.3 Å². The van der Waals surface area contributed by atoms with E-state index in [2.05, 4.69) is 27.3 Å². The molecule has 2 aliphatic heterocycles.